The van der Waals surface area contributed by atoms with Gasteiger partial charge >= 0.3 is 5.97 Å². The molecule has 0 saturated carbocycles. The summed E-state index contributed by atoms with van der Waals surface area (Å²) in [6.07, 6.45) is 0.508. The molecule has 0 bridgehead atoms. The Morgan fingerprint density at radius 3 is 2.60 bits per heavy atom. The highest BCUT2D eigenvalue weighted by Gasteiger charge is 2.32. The van der Waals surface area contributed by atoms with Crippen molar-refractivity contribution in [2.75, 3.05) is 37.2 Å². The van der Waals surface area contributed by atoms with Crippen LogP contribution < -0.4 is 0 Å². The van der Waals surface area contributed by atoms with E-state index in [1.54, 1.807) is 14.0 Å². The molecule has 1 heterocycles. The standard InChI is InChI=1S/C12H21NO5S2/c1-9(12(15)18-3)6-19-7-11(14)13(2)10-4-5-20(16,17)8-10/h9-10H,4-8H2,1-3H3. The Labute approximate surface area is 124 Å². The van der Waals surface area contributed by atoms with Gasteiger partial charge in [0.05, 0.1) is 30.3 Å². The van der Waals surface area contributed by atoms with Crippen molar-refractivity contribution < 1.29 is 22.7 Å². The molecule has 1 aliphatic heterocycles. The largest absolute Gasteiger partial charge is 0.469 e. The minimum absolute atomic E-state index is 0.0540. The quantitative estimate of drug-likeness (QED) is 0.649. The van der Waals surface area contributed by atoms with Crippen LogP contribution in [0.15, 0.2) is 0 Å². The Balaban J connectivity index is 2.34. The number of esters is 1. The summed E-state index contributed by atoms with van der Waals surface area (Å²) in [5.41, 5.74) is 0. The third-order valence-electron chi connectivity index (χ3n) is 3.35. The number of rotatable bonds is 6. The van der Waals surface area contributed by atoms with Crippen molar-refractivity contribution in [2.24, 2.45) is 5.92 Å². The molecule has 116 valence electrons. The highest BCUT2D eigenvalue weighted by molar-refractivity contribution is 7.99. The van der Waals surface area contributed by atoms with Crippen LogP contribution in [0.4, 0.5) is 0 Å². The van der Waals surface area contributed by atoms with Crippen LogP contribution in [0.3, 0.4) is 0 Å². The second-order valence-electron chi connectivity index (χ2n) is 5.00. The molecule has 0 N–H and O–H groups in total. The van der Waals surface area contributed by atoms with Crippen molar-refractivity contribution in [2.45, 2.75) is 19.4 Å². The first-order valence-corrected chi connectivity index (χ1v) is 9.36. The predicted molar refractivity (Wildman–Crippen MR) is 78.3 cm³/mol. The van der Waals surface area contributed by atoms with Gasteiger partial charge in [-0.05, 0) is 6.42 Å². The molecule has 8 heteroatoms. The van der Waals surface area contributed by atoms with E-state index in [0.29, 0.717) is 12.2 Å². The second kappa shape index (κ2) is 7.31. The van der Waals surface area contributed by atoms with Crippen molar-refractivity contribution in [3.05, 3.63) is 0 Å². The van der Waals surface area contributed by atoms with E-state index in [1.165, 1.54) is 23.8 Å². The Bertz CT molecular complexity index is 462. The molecule has 1 amide bonds. The van der Waals surface area contributed by atoms with Gasteiger partial charge in [0.25, 0.3) is 0 Å². The molecular formula is C12H21NO5S2. The molecule has 6 nitrogen and oxygen atoms in total. The van der Waals surface area contributed by atoms with Gasteiger partial charge < -0.3 is 9.64 Å². The number of hydrogen-bond acceptors (Lipinski definition) is 6. The number of sulfone groups is 1. The van der Waals surface area contributed by atoms with Crippen LogP contribution in [0.25, 0.3) is 0 Å². The number of methoxy groups -OCH3 is 1. The number of amides is 1. The van der Waals surface area contributed by atoms with Crippen molar-refractivity contribution >= 4 is 33.5 Å². The molecule has 0 aliphatic carbocycles. The lowest BCUT2D eigenvalue weighted by Gasteiger charge is -2.23. The molecule has 1 fully saturated rings. The summed E-state index contributed by atoms with van der Waals surface area (Å²) in [5.74, 6) is 0.313. The van der Waals surface area contributed by atoms with Gasteiger partial charge in [-0.2, -0.15) is 11.8 Å². The summed E-state index contributed by atoms with van der Waals surface area (Å²) >= 11 is 1.36. The molecule has 2 unspecified atom stereocenters. The van der Waals surface area contributed by atoms with E-state index < -0.39 is 9.84 Å². The van der Waals surface area contributed by atoms with Crippen molar-refractivity contribution in [3.8, 4) is 0 Å². The predicted octanol–water partition coefficient (Wildman–Crippen LogP) is 0.174. The second-order valence-corrected chi connectivity index (χ2v) is 8.26. The molecule has 0 aromatic carbocycles. The van der Waals surface area contributed by atoms with Gasteiger partial charge in [-0.25, -0.2) is 8.42 Å². The molecule has 1 saturated heterocycles. The summed E-state index contributed by atoms with van der Waals surface area (Å²) in [4.78, 5) is 24.7. The number of hydrogen-bond donors (Lipinski definition) is 0. The first-order chi connectivity index (χ1) is 9.26. The minimum atomic E-state index is -2.98. The van der Waals surface area contributed by atoms with Gasteiger partial charge in [0.2, 0.25) is 5.91 Å². The van der Waals surface area contributed by atoms with Crippen LogP contribution in [0.5, 0.6) is 0 Å². The summed E-state index contributed by atoms with van der Waals surface area (Å²) in [5, 5.41) is 0. The summed E-state index contributed by atoms with van der Waals surface area (Å²) < 4.78 is 27.4. The molecule has 2 atom stereocenters. The third-order valence-corrected chi connectivity index (χ3v) is 6.28. The van der Waals surface area contributed by atoms with Crippen molar-refractivity contribution in [1.29, 1.82) is 0 Å². The van der Waals surface area contributed by atoms with E-state index in [4.69, 9.17) is 0 Å². The fourth-order valence-electron chi connectivity index (χ4n) is 1.98. The van der Waals surface area contributed by atoms with Crippen molar-refractivity contribution in [3.63, 3.8) is 0 Å². The maximum Gasteiger partial charge on any atom is 0.309 e. The zero-order valence-corrected chi connectivity index (χ0v) is 13.6. The molecule has 20 heavy (non-hydrogen) atoms. The molecule has 0 aromatic rings. The topological polar surface area (TPSA) is 80.8 Å². The number of carbonyl (C=O) groups is 2. The molecular weight excluding hydrogens is 302 g/mol. The normalized spacial score (nSPS) is 22.2. The van der Waals surface area contributed by atoms with Gasteiger partial charge in [0.15, 0.2) is 9.84 Å². The van der Waals surface area contributed by atoms with Crippen LogP contribution in [0, 0.1) is 5.92 Å². The van der Waals surface area contributed by atoms with E-state index in [0.717, 1.165) is 0 Å². The highest BCUT2D eigenvalue weighted by Crippen LogP contribution is 2.18. The summed E-state index contributed by atoms with van der Waals surface area (Å²) in [6, 6.07) is -0.217. The van der Waals surface area contributed by atoms with E-state index in [-0.39, 0.29) is 41.1 Å². The maximum atomic E-state index is 12.0. The number of ether oxygens (including phenoxy) is 1. The lowest BCUT2D eigenvalue weighted by molar-refractivity contribution is -0.144. The fraction of sp³-hybridized carbons (Fsp3) is 0.833. The van der Waals surface area contributed by atoms with E-state index in [1.807, 2.05) is 0 Å². The Morgan fingerprint density at radius 1 is 1.45 bits per heavy atom. The van der Waals surface area contributed by atoms with E-state index in [9.17, 15) is 18.0 Å². The number of carbonyl (C=O) groups excluding carboxylic acids is 2. The molecule has 0 spiro atoms. The van der Waals surface area contributed by atoms with Crippen LogP contribution in [-0.2, 0) is 24.2 Å². The maximum absolute atomic E-state index is 12.0. The zero-order chi connectivity index (χ0) is 15.3. The molecule has 1 aliphatic rings. The monoisotopic (exact) mass is 323 g/mol. The molecule has 1 rings (SSSR count). The summed E-state index contributed by atoms with van der Waals surface area (Å²) in [6.45, 7) is 1.75. The van der Waals surface area contributed by atoms with Gasteiger partial charge in [-0.15, -0.1) is 0 Å². The third kappa shape index (κ3) is 4.97. The van der Waals surface area contributed by atoms with Gasteiger partial charge in [0, 0.05) is 18.8 Å². The Kier molecular flexibility index (Phi) is 6.32. The average Bonchev–Trinajstić information content (AvgIpc) is 2.76. The first-order valence-electron chi connectivity index (χ1n) is 6.38. The molecule has 0 radical (unpaired) electrons. The SMILES string of the molecule is COC(=O)C(C)CSCC(=O)N(C)C1CCS(=O)(=O)C1. The highest BCUT2D eigenvalue weighted by atomic mass is 32.2. The van der Waals surface area contributed by atoms with Gasteiger partial charge in [0.1, 0.15) is 0 Å². The van der Waals surface area contributed by atoms with E-state index >= 15 is 0 Å². The lowest BCUT2D eigenvalue weighted by atomic mass is 10.2. The minimum Gasteiger partial charge on any atom is -0.469 e. The first kappa shape index (κ1) is 17.3. The Morgan fingerprint density at radius 2 is 2.10 bits per heavy atom. The Hall–Kier alpha value is -0.760. The van der Waals surface area contributed by atoms with Gasteiger partial charge in [-0.3, -0.25) is 9.59 Å². The smallest absolute Gasteiger partial charge is 0.309 e. The van der Waals surface area contributed by atoms with E-state index in [2.05, 4.69) is 4.74 Å². The van der Waals surface area contributed by atoms with Crippen molar-refractivity contribution in [1.82, 2.24) is 4.90 Å². The average molecular weight is 323 g/mol. The lowest BCUT2D eigenvalue weighted by Crippen LogP contribution is -2.39. The zero-order valence-electron chi connectivity index (χ0n) is 12.0. The fourth-order valence-corrected chi connectivity index (χ4v) is 4.74. The van der Waals surface area contributed by atoms with Crippen LogP contribution in [0.1, 0.15) is 13.3 Å². The number of thioether (sulfide) groups is 1. The van der Waals surface area contributed by atoms with Crippen LogP contribution in [-0.4, -0.2) is 68.4 Å². The summed E-state index contributed by atoms with van der Waals surface area (Å²) in [7, 11) is -0.0111. The van der Waals surface area contributed by atoms with Gasteiger partial charge in [-0.1, -0.05) is 6.92 Å². The molecule has 0 aromatic heterocycles. The van der Waals surface area contributed by atoms with Crippen LogP contribution in [0.2, 0.25) is 0 Å². The van der Waals surface area contributed by atoms with Crippen LogP contribution >= 0.6 is 11.8 Å². The number of nitrogens with zero attached hydrogens (tertiary/aromatic N) is 1.